The minimum Gasteiger partial charge on any atom is -0.351 e. The molecule has 5 heteroatoms. The van der Waals surface area contributed by atoms with E-state index in [0.717, 1.165) is 23.7 Å². The van der Waals surface area contributed by atoms with Gasteiger partial charge < -0.3 is 4.52 Å². The van der Waals surface area contributed by atoms with E-state index in [0.29, 0.717) is 10.5 Å². The first-order chi connectivity index (χ1) is 8.75. The molecule has 1 aliphatic rings. The molecule has 0 atom stereocenters. The molecular weight excluding hydrogens is 248 g/mol. The molecule has 0 amide bonds. The quantitative estimate of drug-likeness (QED) is 0.798. The number of aromatic nitrogens is 1. The highest BCUT2D eigenvalue weighted by molar-refractivity contribution is 7.13. The van der Waals surface area contributed by atoms with Crippen LogP contribution in [0.15, 0.2) is 28.1 Å². The second-order valence-electron chi connectivity index (χ2n) is 4.90. The lowest BCUT2D eigenvalue weighted by molar-refractivity contribution is -1.07. The zero-order chi connectivity index (χ0) is 12.4. The number of piperidine rings is 1. The van der Waals surface area contributed by atoms with Gasteiger partial charge in [0, 0.05) is 12.8 Å². The average molecular weight is 265 g/mol. The minimum atomic E-state index is 0.586. The van der Waals surface area contributed by atoms with E-state index in [-0.39, 0.29) is 0 Å². The lowest BCUT2D eigenvalue weighted by Crippen LogP contribution is -2.50. The molecule has 0 spiro atoms. The van der Waals surface area contributed by atoms with E-state index in [1.807, 2.05) is 23.6 Å². The SMILES string of the molecule is C[N+]1(Oc2cc(-c3cccs3)on2)CCCCC1. The Morgan fingerprint density at radius 2 is 2.17 bits per heavy atom. The number of hydrogen-bond donors (Lipinski definition) is 0. The summed E-state index contributed by atoms with van der Waals surface area (Å²) < 4.78 is 5.93. The summed E-state index contributed by atoms with van der Waals surface area (Å²) in [4.78, 5) is 7.04. The molecule has 1 saturated heterocycles. The minimum absolute atomic E-state index is 0.586. The summed E-state index contributed by atoms with van der Waals surface area (Å²) in [5.74, 6) is 1.37. The number of quaternary nitrogens is 1. The smallest absolute Gasteiger partial charge is 0.320 e. The lowest BCUT2D eigenvalue weighted by Gasteiger charge is -2.33. The van der Waals surface area contributed by atoms with Gasteiger partial charge in [-0.15, -0.1) is 16.0 Å². The molecule has 1 aliphatic heterocycles. The van der Waals surface area contributed by atoms with Crippen LogP contribution < -0.4 is 4.84 Å². The first-order valence-corrected chi connectivity index (χ1v) is 7.18. The number of hydroxylamine groups is 3. The molecule has 18 heavy (non-hydrogen) atoms. The largest absolute Gasteiger partial charge is 0.351 e. The van der Waals surface area contributed by atoms with Crippen LogP contribution in [0, 0.1) is 0 Å². The van der Waals surface area contributed by atoms with E-state index in [1.165, 1.54) is 19.3 Å². The van der Waals surface area contributed by atoms with Crippen molar-refractivity contribution in [1.29, 1.82) is 0 Å². The number of likely N-dealkylation sites (tertiary alicyclic amines) is 1. The molecule has 0 saturated carbocycles. The third kappa shape index (κ3) is 2.42. The van der Waals surface area contributed by atoms with Gasteiger partial charge in [-0.25, -0.2) is 0 Å². The molecule has 3 rings (SSSR count). The third-order valence-corrected chi connectivity index (χ3v) is 4.21. The van der Waals surface area contributed by atoms with Gasteiger partial charge in [0.15, 0.2) is 5.76 Å². The van der Waals surface area contributed by atoms with Crippen molar-refractivity contribution in [2.75, 3.05) is 20.1 Å². The maximum Gasteiger partial charge on any atom is 0.320 e. The zero-order valence-corrected chi connectivity index (χ0v) is 11.3. The summed E-state index contributed by atoms with van der Waals surface area (Å²) in [6, 6.07) is 5.90. The lowest BCUT2D eigenvalue weighted by atomic mass is 10.1. The highest BCUT2D eigenvalue weighted by Crippen LogP contribution is 2.29. The Labute approximate surface area is 110 Å². The first-order valence-electron chi connectivity index (χ1n) is 6.30. The fourth-order valence-electron chi connectivity index (χ4n) is 2.34. The summed E-state index contributed by atoms with van der Waals surface area (Å²) in [5.41, 5.74) is 0. The fourth-order valence-corrected chi connectivity index (χ4v) is 3.01. The van der Waals surface area contributed by atoms with E-state index >= 15 is 0 Å². The van der Waals surface area contributed by atoms with Gasteiger partial charge in [0.05, 0.1) is 10.9 Å². The maximum absolute atomic E-state index is 5.96. The number of thiophene rings is 1. The Bertz CT molecular complexity index is 501. The van der Waals surface area contributed by atoms with Crippen LogP contribution in [0.25, 0.3) is 10.6 Å². The fraction of sp³-hybridized carbons (Fsp3) is 0.462. The molecule has 0 N–H and O–H groups in total. The van der Waals surface area contributed by atoms with Crippen molar-refractivity contribution in [1.82, 2.24) is 5.16 Å². The molecule has 96 valence electrons. The van der Waals surface area contributed by atoms with Crippen molar-refractivity contribution in [2.45, 2.75) is 19.3 Å². The van der Waals surface area contributed by atoms with Gasteiger partial charge in [0.1, 0.15) is 20.1 Å². The van der Waals surface area contributed by atoms with Crippen LogP contribution in [-0.2, 0) is 0 Å². The molecule has 0 radical (unpaired) electrons. The maximum atomic E-state index is 5.96. The molecule has 4 nitrogen and oxygen atoms in total. The molecule has 0 aliphatic carbocycles. The van der Waals surface area contributed by atoms with E-state index in [9.17, 15) is 0 Å². The standard InChI is InChI=1S/C13H17N2O2S/c1-15(7-3-2-4-8-15)17-13-10-11(16-14-13)12-6-5-9-18-12/h5-6,9-10H,2-4,7-8H2,1H3/q+1. The second-order valence-corrected chi connectivity index (χ2v) is 5.85. The topological polar surface area (TPSA) is 35.3 Å². The van der Waals surface area contributed by atoms with E-state index < -0.39 is 0 Å². The normalized spacial score (nSPS) is 18.7. The Balaban J connectivity index is 1.73. The van der Waals surface area contributed by atoms with Crippen molar-refractivity contribution < 1.29 is 14.0 Å². The summed E-state index contributed by atoms with van der Waals surface area (Å²) >= 11 is 1.64. The van der Waals surface area contributed by atoms with Gasteiger partial charge in [0.2, 0.25) is 0 Å². The summed E-state index contributed by atoms with van der Waals surface area (Å²) in [6.45, 7) is 2.09. The van der Waals surface area contributed by atoms with Crippen LogP contribution >= 0.6 is 11.3 Å². The summed E-state index contributed by atoms with van der Waals surface area (Å²) in [6.07, 6.45) is 3.73. The van der Waals surface area contributed by atoms with Gasteiger partial charge in [0.25, 0.3) is 0 Å². The van der Waals surface area contributed by atoms with E-state index in [1.54, 1.807) is 11.3 Å². The molecule has 0 bridgehead atoms. The Kier molecular flexibility index (Phi) is 3.09. The van der Waals surface area contributed by atoms with Crippen molar-refractivity contribution >= 4 is 11.3 Å². The van der Waals surface area contributed by atoms with Crippen LogP contribution in [0.4, 0.5) is 0 Å². The highest BCUT2D eigenvalue weighted by Gasteiger charge is 2.29. The highest BCUT2D eigenvalue weighted by atomic mass is 32.1. The molecule has 2 aromatic rings. The predicted molar refractivity (Wildman–Crippen MR) is 70.2 cm³/mol. The van der Waals surface area contributed by atoms with Crippen LogP contribution in [0.2, 0.25) is 0 Å². The van der Waals surface area contributed by atoms with E-state index in [2.05, 4.69) is 12.2 Å². The molecule has 1 fully saturated rings. The van der Waals surface area contributed by atoms with Crippen molar-refractivity contribution in [3.8, 4) is 16.5 Å². The zero-order valence-electron chi connectivity index (χ0n) is 10.5. The van der Waals surface area contributed by atoms with Crippen molar-refractivity contribution in [2.24, 2.45) is 0 Å². The molecular formula is C13H17N2O2S+. The van der Waals surface area contributed by atoms with Crippen molar-refractivity contribution in [3.05, 3.63) is 23.6 Å². The number of nitrogens with zero attached hydrogens (tertiary/aromatic N) is 2. The molecule has 0 unspecified atom stereocenters. The molecule has 3 heterocycles. The van der Waals surface area contributed by atoms with Gasteiger partial charge in [-0.2, -0.15) is 0 Å². The monoisotopic (exact) mass is 265 g/mol. The Hall–Kier alpha value is -1.33. The van der Waals surface area contributed by atoms with Gasteiger partial charge in [-0.1, -0.05) is 6.07 Å². The molecule has 2 aromatic heterocycles. The van der Waals surface area contributed by atoms with Crippen LogP contribution in [-0.4, -0.2) is 29.9 Å². The third-order valence-electron chi connectivity index (χ3n) is 3.33. The van der Waals surface area contributed by atoms with Gasteiger partial charge in [-0.05, 0) is 23.0 Å². The van der Waals surface area contributed by atoms with Gasteiger partial charge >= 0.3 is 5.88 Å². The van der Waals surface area contributed by atoms with Crippen LogP contribution in [0.3, 0.4) is 0 Å². The first kappa shape index (κ1) is 11.7. The number of rotatable bonds is 3. The van der Waals surface area contributed by atoms with E-state index in [4.69, 9.17) is 9.36 Å². The molecule has 0 aromatic carbocycles. The van der Waals surface area contributed by atoms with Crippen LogP contribution in [0.5, 0.6) is 5.88 Å². The Morgan fingerprint density at radius 1 is 1.33 bits per heavy atom. The Morgan fingerprint density at radius 3 is 2.89 bits per heavy atom. The summed E-state index contributed by atoms with van der Waals surface area (Å²) in [7, 11) is 2.11. The van der Waals surface area contributed by atoms with Gasteiger partial charge in [-0.3, -0.25) is 4.84 Å². The predicted octanol–water partition coefficient (Wildman–Crippen LogP) is 3.33. The summed E-state index contributed by atoms with van der Waals surface area (Å²) in [5, 5.41) is 6.03. The van der Waals surface area contributed by atoms with Crippen LogP contribution in [0.1, 0.15) is 19.3 Å². The second kappa shape index (κ2) is 4.74. The average Bonchev–Trinajstić information content (AvgIpc) is 2.99. The number of hydrogen-bond acceptors (Lipinski definition) is 4. The van der Waals surface area contributed by atoms with Crippen molar-refractivity contribution in [3.63, 3.8) is 0 Å².